The van der Waals surface area contributed by atoms with E-state index in [1.807, 2.05) is 6.08 Å². The molecule has 104 valence electrons. The van der Waals surface area contributed by atoms with Crippen LogP contribution in [0.3, 0.4) is 0 Å². The Hall–Kier alpha value is -1.25. The third-order valence-electron chi connectivity index (χ3n) is 4.49. The average molecular weight is 279 g/mol. The van der Waals surface area contributed by atoms with Crippen molar-refractivity contribution in [1.82, 2.24) is 5.32 Å². The second-order valence-corrected chi connectivity index (χ2v) is 5.52. The van der Waals surface area contributed by atoms with Crippen molar-refractivity contribution >= 4 is 0 Å². The number of allylic oxidation sites excluding steroid dienone is 2. The van der Waals surface area contributed by atoms with E-state index >= 15 is 0 Å². The summed E-state index contributed by atoms with van der Waals surface area (Å²) in [6, 6.07) is 10.6. The Morgan fingerprint density at radius 3 is 2.37 bits per heavy atom. The zero-order valence-electron chi connectivity index (χ0n) is 12.2. The molecule has 0 fully saturated rings. The Morgan fingerprint density at radius 1 is 1.26 bits per heavy atom. The fraction of sp³-hybridized carbons (Fsp3) is 0.375. The number of quaternary nitrogens is 1. The summed E-state index contributed by atoms with van der Waals surface area (Å²) in [7, 11) is 2.27. The fourth-order valence-corrected chi connectivity index (χ4v) is 2.80. The van der Waals surface area contributed by atoms with Crippen molar-refractivity contribution < 1.29 is 16.9 Å². The highest BCUT2D eigenvalue weighted by Crippen LogP contribution is 2.37. The lowest BCUT2D eigenvalue weighted by Crippen LogP contribution is -3.00. The van der Waals surface area contributed by atoms with Crippen LogP contribution in [0.15, 0.2) is 54.4 Å². The number of hydrogen-bond donors (Lipinski definition) is 1. The number of nitrogens with zero attached hydrogens (tertiary/aromatic N) is 1. The van der Waals surface area contributed by atoms with Gasteiger partial charge in [0, 0.05) is 19.4 Å². The molecule has 0 radical (unpaired) electrons. The largest absolute Gasteiger partial charge is 1.00 e. The number of halogens is 1. The van der Waals surface area contributed by atoms with Crippen LogP contribution in [0.25, 0.3) is 0 Å². The second-order valence-electron chi connectivity index (χ2n) is 5.52. The minimum Gasteiger partial charge on any atom is -1.00 e. The molecule has 0 bridgehead atoms. The minimum absolute atomic E-state index is 0. The van der Waals surface area contributed by atoms with Crippen LogP contribution in [0.4, 0.5) is 0 Å². The Bertz CT molecular complexity index is 495. The molecule has 2 nitrogen and oxygen atoms in total. The predicted molar refractivity (Wildman–Crippen MR) is 76.4 cm³/mol. The van der Waals surface area contributed by atoms with Crippen LogP contribution in [0.5, 0.6) is 0 Å². The standard InChI is InChI=1S/C16H23N2.ClH/c1-6-16(4)17-13(2)14(3)18(16,5)12-15-10-8-7-9-11-15;/h6-11,17H,1,12H2,2-5H3;1H/q+1;/p-1. The number of benzene rings is 1. The van der Waals surface area contributed by atoms with Crippen molar-refractivity contribution in [3.8, 4) is 0 Å². The zero-order chi connectivity index (χ0) is 13.4. The van der Waals surface area contributed by atoms with E-state index in [0.29, 0.717) is 0 Å². The molecule has 1 aromatic carbocycles. The maximum Gasteiger partial charge on any atom is 0.193 e. The molecule has 1 heterocycles. The van der Waals surface area contributed by atoms with Crippen LogP contribution in [-0.2, 0) is 6.54 Å². The van der Waals surface area contributed by atoms with E-state index in [-0.39, 0.29) is 18.1 Å². The van der Waals surface area contributed by atoms with Crippen LogP contribution < -0.4 is 17.7 Å². The van der Waals surface area contributed by atoms with Crippen molar-refractivity contribution in [2.24, 2.45) is 0 Å². The lowest BCUT2D eigenvalue weighted by atomic mass is 10.1. The maximum absolute atomic E-state index is 4.02. The molecule has 2 atom stereocenters. The SMILES string of the molecule is C=CC1(C)NC(C)=C(C)[N+]1(C)Cc1ccccc1.[Cl-]. The van der Waals surface area contributed by atoms with E-state index in [4.69, 9.17) is 0 Å². The van der Waals surface area contributed by atoms with Crippen LogP contribution in [-0.4, -0.2) is 17.2 Å². The van der Waals surface area contributed by atoms with Crippen LogP contribution in [0.2, 0.25) is 0 Å². The molecule has 1 aromatic rings. The van der Waals surface area contributed by atoms with Crippen LogP contribution >= 0.6 is 0 Å². The molecular formula is C16H23ClN2. The normalized spacial score (nSPS) is 29.7. The van der Waals surface area contributed by atoms with E-state index in [0.717, 1.165) is 11.0 Å². The van der Waals surface area contributed by atoms with Gasteiger partial charge < -0.3 is 17.7 Å². The summed E-state index contributed by atoms with van der Waals surface area (Å²) in [4.78, 5) is 0. The molecule has 1 aliphatic heterocycles. The zero-order valence-corrected chi connectivity index (χ0v) is 13.0. The molecule has 2 rings (SSSR count). The van der Waals surface area contributed by atoms with E-state index in [9.17, 15) is 0 Å². The highest BCUT2D eigenvalue weighted by atomic mass is 35.5. The number of likely N-dealkylation sites (N-methyl/N-ethyl adjacent to an activating group) is 1. The molecule has 2 unspecified atom stereocenters. The average Bonchev–Trinajstić information content (AvgIpc) is 2.53. The van der Waals surface area contributed by atoms with E-state index in [1.54, 1.807) is 0 Å². The van der Waals surface area contributed by atoms with Gasteiger partial charge in [0.15, 0.2) is 5.66 Å². The highest BCUT2D eigenvalue weighted by Gasteiger charge is 2.49. The summed E-state index contributed by atoms with van der Waals surface area (Å²) in [6.45, 7) is 11.6. The summed E-state index contributed by atoms with van der Waals surface area (Å²) in [5.41, 5.74) is 3.85. The predicted octanol–water partition coefficient (Wildman–Crippen LogP) is 0.394. The first-order valence-electron chi connectivity index (χ1n) is 6.42. The molecule has 3 heteroatoms. The molecule has 19 heavy (non-hydrogen) atoms. The maximum atomic E-state index is 4.02. The number of rotatable bonds is 3. The first-order chi connectivity index (χ1) is 8.43. The summed E-state index contributed by atoms with van der Waals surface area (Å²) in [5, 5.41) is 3.57. The smallest absolute Gasteiger partial charge is 0.193 e. The third-order valence-corrected chi connectivity index (χ3v) is 4.49. The van der Waals surface area contributed by atoms with Gasteiger partial charge in [-0.15, -0.1) is 0 Å². The molecule has 1 aliphatic rings. The van der Waals surface area contributed by atoms with Crippen molar-refractivity contribution in [3.05, 3.63) is 59.9 Å². The van der Waals surface area contributed by atoms with Gasteiger partial charge in [-0.25, -0.2) is 0 Å². The number of nitrogens with one attached hydrogen (secondary N) is 1. The van der Waals surface area contributed by atoms with E-state index in [2.05, 4.69) is 70.0 Å². The highest BCUT2D eigenvalue weighted by molar-refractivity contribution is 5.19. The van der Waals surface area contributed by atoms with Gasteiger partial charge in [-0.1, -0.05) is 36.9 Å². The van der Waals surface area contributed by atoms with Gasteiger partial charge in [-0.05, 0) is 13.0 Å². The molecule has 0 aromatic heterocycles. The minimum atomic E-state index is -0.135. The van der Waals surface area contributed by atoms with Gasteiger partial charge in [0.2, 0.25) is 0 Å². The lowest BCUT2D eigenvalue weighted by Gasteiger charge is -2.42. The van der Waals surface area contributed by atoms with E-state index in [1.165, 1.54) is 17.0 Å². The lowest BCUT2D eigenvalue weighted by molar-refractivity contribution is -0.924. The van der Waals surface area contributed by atoms with Crippen molar-refractivity contribution in [2.45, 2.75) is 33.0 Å². The summed E-state index contributed by atoms with van der Waals surface area (Å²) in [6.07, 6.45) is 2.02. The molecule has 0 spiro atoms. The van der Waals surface area contributed by atoms with Gasteiger partial charge in [-0.2, -0.15) is 0 Å². The summed E-state index contributed by atoms with van der Waals surface area (Å²) < 4.78 is 0.840. The second kappa shape index (κ2) is 5.40. The molecule has 0 amide bonds. The molecule has 0 aliphatic carbocycles. The van der Waals surface area contributed by atoms with Gasteiger partial charge in [0.05, 0.1) is 12.7 Å². The monoisotopic (exact) mass is 278 g/mol. The van der Waals surface area contributed by atoms with Crippen molar-refractivity contribution in [1.29, 1.82) is 0 Å². The Morgan fingerprint density at radius 2 is 1.84 bits per heavy atom. The van der Waals surface area contributed by atoms with Gasteiger partial charge in [0.25, 0.3) is 0 Å². The third kappa shape index (κ3) is 2.43. The van der Waals surface area contributed by atoms with E-state index < -0.39 is 0 Å². The van der Waals surface area contributed by atoms with Crippen LogP contribution in [0.1, 0.15) is 26.3 Å². The van der Waals surface area contributed by atoms with Crippen LogP contribution in [0, 0.1) is 0 Å². The topological polar surface area (TPSA) is 12.0 Å². The molecule has 0 saturated heterocycles. The Kier molecular flexibility index (Phi) is 4.49. The summed E-state index contributed by atoms with van der Waals surface area (Å²) in [5.74, 6) is 0. The Labute approximate surface area is 122 Å². The fourth-order valence-electron chi connectivity index (χ4n) is 2.80. The van der Waals surface area contributed by atoms with Gasteiger partial charge >= 0.3 is 0 Å². The van der Waals surface area contributed by atoms with Gasteiger partial charge in [0.1, 0.15) is 12.2 Å². The molecular weight excluding hydrogens is 256 g/mol. The quantitative estimate of drug-likeness (QED) is 0.623. The van der Waals surface area contributed by atoms with Crippen molar-refractivity contribution in [3.63, 3.8) is 0 Å². The Balaban J connectivity index is 0.00000180. The first-order valence-corrected chi connectivity index (χ1v) is 6.42. The van der Waals surface area contributed by atoms with Gasteiger partial charge in [-0.3, -0.25) is 4.48 Å². The number of hydrogen-bond acceptors (Lipinski definition) is 1. The molecule has 1 N–H and O–H groups in total. The first kappa shape index (κ1) is 15.8. The van der Waals surface area contributed by atoms with Crippen molar-refractivity contribution in [2.75, 3.05) is 7.05 Å². The molecule has 0 saturated carbocycles. The summed E-state index contributed by atoms with van der Waals surface area (Å²) >= 11 is 0.